The summed E-state index contributed by atoms with van der Waals surface area (Å²) in [7, 11) is 0. The van der Waals surface area contributed by atoms with E-state index in [1.54, 1.807) is 0 Å². The van der Waals surface area contributed by atoms with Crippen LogP contribution in [0.4, 0.5) is 34.1 Å². The number of rotatable bonds is 8. The summed E-state index contributed by atoms with van der Waals surface area (Å²) in [6, 6.07) is 74.6. The van der Waals surface area contributed by atoms with Crippen LogP contribution in [0.3, 0.4) is 0 Å². The van der Waals surface area contributed by atoms with Gasteiger partial charge in [-0.15, -0.1) is 0 Å². The molecule has 2 nitrogen and oxygen atoms in total. The second kappa shape index (κ2) is 17.5. The average Bonchev–Trinajstić information content (AvgIpc) is 4.14. The van der Waals surface area contributed by atoms with E-state index in [4.69, 9.17) is 0 Å². The zero-order valence-electron chi connectivity index (χ0n) is 48.5. The molecule has 80 heavy (non-hydrogen) atoms. The van der Waals surface area contributed by atoms with Crippen LogP contribution in [0.5, 0.6) is 0 Å². The SMILES string of the molecule is Cc1cc(C)cc(N(c2ccc3c(c2)C(C)(C)c2ccccc2-3)c2ccc3c(c2)C(C)(C)c2cc(/C=C/c4ccc5c(c4)C(C)(C)c4cc(N(c6cc(C)cc(C)c6)c6ccc7c(c6)C(C)(C)c6ccccc6-7)ccc4-5)ccc2-3)c1. The Hall–Kier alpha value is -8.46. The third kappa shape index (κ3) is 7.51. The van der Waals surface area contributed by atoms with E-state index in [1.807, 2.05) is 0 Å². The van der Waals surface area contributed by atoms with E-state index in [0.717, 1.165) is 0 Å². The molecule has 4 aliphatic rings. The van der Waals surface area contributed by atoms with E-state index in [9.17, 15) is 0 Å². The summed E-state index contributed by atoms with van der Waals surface area (Å²) in [5.41, 5.74) is 35.6. The number of benzene rings is 10. The Morgan fingerprint density at radius 1 is 0.237 bits per heavy atom. The molecule has 0 N–H and O–H groups in total. The molecule has 0 radical (unpaired) electrons. The summed E-state index contributed by atoms with van der Waals surface area (Å²) >= 11 is 0. The lowest BCUT2D eigenvalue weighted by atomic mass is 9.81. The van der Waals surface area contributed by atoms with Crippen molar-refractivity contribution in [3.8, 4) is 44.5 Å². The van der Waals surface area contributed by atoms with Gasteiger partial charge in [0.2, 0.25) is 0 Å². The van der Waals surface area contributed by atoms with Crippen molar-refractivity contribution in [2.45, 2.75) is 105 Å². The molecule has 0 unspecified atom stereocenters. The van der Waals surface area contributed by atoms with E-state index in [1.165, 1.54) is 157 Å². The number of aryl methyl sites for hydroxylation is 4. The Bertz CT molecular complexity index is 3990. The first-order chi connectivity index (χ1) is 38.3. The monoisotopic (exact) mass is 1030 g/mol. The minimum absolute atomic E-state index is 0.0982. The predicted molar refractivity (Wildman–Crippen MR) is 340 cm³/mol. The predicted octanol–water partition coefficient (Wildman–Crippen LogP) is 21.3. The summed E-state index contributed by atoms with van der Waals surface area (Å²) in [6.45, 7) is 28.0. The second-order valence-corrected chi connectivity index (χ2v) is 25.8. The molecule has 14 rings (SSSR count). The zero-order chi connectivity index (χ0) is 55.4. The fourth-order valence-electron chi connectivity index (χ4n) is 14.9. The van der Waals surface area contributed by atoms with Crippen LogP contribution in [0.25, 0.3) is 56.7 Å². The van der Waals surface area contributed by atoms with Crippen molar-refractivity contribution in [1.82, 2.24) is 0 Å². The zero-order valence-corrected chi connectivity index (χ0v) is 48.5. The molecule has 0 amide bonds. The molecule has 10 aromatic carbocycles. The van der Waals surface area contributed by atoms with Gasteiger partial charge in [0.15, 0.2) is 0 Å². The maximum absolute atomic E-state index is 2.48. The van der Waals surface area contributed by atoms with Crippen molar-refractivity contribution in [1.29, 1.82) is 0 Å². The summed E-state index contributed by atoms with van der Waals surface area (Å²) < 4.78 is 0. The molecule has 4 aliphatic carbocycles. The van der Waals surface area contributed by atoms with Crippen LogP contribution in [-0.2, 0) is 21.7 Å². The van der Waals surface area contributed by atoms with Gasteiger partial charge < -0.3 is 9.80 Å². The summed E-state index contributed by atoms with van der Waals surface area (Å²) in [5.74, 6) is 0. The molecule has 10 aromatic rings. The van der Waals surface area contributed by atoms with E-state index >= 15 is 0 Å². The quantitative estimate of drug-likeness (QED) is 0.140. The standard InChI is InChI=1S/C78H70N2/c1-47-35-48(2)38-57(37-47)79(53-25-31-63-59-17-13-15-19-67(59)75(5,6)71(63)43-53)55-27-33-65-61-29-23-51(41-69(61)77(9,10)73(65)45-55)21-22-52-24-30-62-66-34-28-56(46-74(66)78(11,12)70(62)42-52)80(58-39-49(3)36-50(4)40-58)54-26-32-64-60-18-14-16-20-68(60)76(7,8)72(64)44-54/h13-46H,1-12H3/b22-21+. The lowest BCUT2D eigenvalue weighted by Crippen LogP contribution is -2.18. The van der Waals surface area contributed by atoms with Crippen molar-refractivity contribution in [3.05, 3.63) is 272 Å². The highest BCUT2D eigenvalue weighted by atomic mass is 15.1. The van der Waals surface area contributed by atoms with Crippen LogP contribution >= 0.6 is 0 Å². The fraction of sp³-hybridized carbons (Fsp3) is 0.205. The second-order valence-electron chi connectivity index (χ2n) is 25.8. The van der Waals surface area contributed by atoms with Gasteiger partial charge in [0.1, 0.15) is 0 Å². The van der Waals surface area contributed by atoms with Crippen LogP contribution in [0.1, 0.15) is 133 Å². The molecule has 0 fully saturated rings. The van der Waals surface area contributed by atoms with Crippen LogP contribution in [0, 0.1) is 27.7 Å². The minimum Gasteiger partial charge on any atom is -0.310 e. The number of hydrogen-bond donors (Lipinski definition) is 0. The van der Waals surface area contributed by atoms with Gasteiger partial charge in [-0.2, -0.15) is 0 Å². The largest absolute Gasteiger partial charge is 0.310 e. The van der Waals surface area contributed by atoms with Crippen molar-refractivity contribution in [3.63, 3.8) is 0 Å². The molecule has 2 heteroatoms. The fourth-order valence-corrected chi connectivity index (χ4v) is 14.9. The molecule has 0 aliphatic heterocycles. The van der Waals surface area contributed by atoms with Crippen molar-refractivity contribution in [2.75, 3.05) is 9.80 Å². The molecule has 0 saturated carbocycles. The Kier molecular flexibility index (Phi) is 10.9. The van der Waals surface area contributed by atoms with E-state index in [-0.39, 0.29) is 21.7 Å². The Balaban J connectivity index is 0.769. The van der Waals surface area contributed by atoms with E-state index in [0.29, 0.717) is 0 Å². The maximum atomic E-state index is 2.48. The molecule has 392 valence electrons. The summed E-state index contributed by atoms with van der Waals surface area (Å²) in [5, 5.41) is 0. The van der Waals surface area contributed by atoms with E-state index < -0.39 is 0 Å². The lowest BCUT2D eigenvalue weighted by Gasteiger charge is -2.30. The Morgan fingerprint density at radius 2 is 0.487 bits per heavy atom. The average molecular weight is 1040 g/mol. The molecular formula is C78H70N2. The van der Waals surface area contributed by atoms with Crippen molar-refractivity contribution in [2.24, 2.45) is 0 Å². The van der Waals surface area contributed by atoms with Gasteiger partial charge in [-0.25, -0.2) is 0 Å². The van der Waals surface area contributed by atoms with E-state index in [2.05, 4.69) is 299 Å². The first-order valence-corrected chi connectivity index (χ1v) is 28.8. The highest BCUT2D eigenvalue weighted by Crippen LogP contribution is 2.56. The first-order valence-electron chi connectivity index (χ1n) is 28.8. The molecule has 0 atom stereocenters. The Morgan fingerprint density at radius 3 is 0.800 bits per heavy atom. The number of hydrogen-bond acceptors (Lipinski definition) is 2. The van der Waals surface area contributed by atoms with Crippen LogP contribution in [0.2, 0.25) is 0 Å². The van der Waals surface area contributed by atoms with Crippen LogP contribution < -0.4 is 9.80 Å². The summed E-state index contributed by atoms with van der Waals surface area (Å²) in [4.78, 5) is 4.97. The minimum atomic E-state index is -0.209. The van der Waals surface area contributed by atoms with Crippen molar-refractivity contribution >= 4 is 46.3 Å². The molecule has 0 saturated heterocycles. The highest BCUT2D eigenvalue weighted by Gasteiger charge is 2.40. The number of fused-ring (bicyclic) bond motifs is 12. The van der Waals surface area contributed by atoms with Crippen LogP contribution in [-0.4, -0.2) is 0 Å². The third-order valence-corrected chi connectivity index (χ3v) is 18.9. The van der Waals surface area contributed by atoms with Gasteiger partial charge >= 0.3 is 0 Å². The normalized spacial score (nSPS) is 15.6. The summed E-state index contributed by atoms with van der Waals surface area (Å²) in [6.07, 6.45) is 4.63. The topological polar surface area (TPSA) is 6.48 Å². The van der Waals surface area contributed by atoms with Crippen LogP contribution in [0.15, 0.2) is 194 Å². The molecule has 0 heterocycles. The third-order valence-electron chi connectivity index (χ3n) is 18.9. The lowest BCUT2D eigenvalue weighted by molar-refractivity contribution is 0.659. The molecule has 0 spiro atoms. The Labute approximate surface area is 474 Å². The van der Waals surface area contributed by atoms with Crippen molar-refractivity contribution < 1.29 is 0 Å². The number of nitrogens with zero attached hydrogens (tertiary/aromatic N) is 2. The molecule has 0 bridgehead atoms. The number of anilines is 6. The smallest absolute Gasteiger partial charge is 0.0466 e. The molecular weight excluding hydrogens is 965 g/mol. The maximum Gasteiger partial charge on any atom is 0.0466 e. The van der Waals surface area contributed by atoms with Gasteiger partial charge in [0.25, 0.3) is 0 Å². The van der Waals surface area contributed by atoms with Gasteiger partial charge in [0.05, 0.1) is 0 Å². The van der Waals surface area contributed by atoms with Gasteiger partial charge in [-0.1, -0.05) is 189 Å². The molecule has 0 aromatic heterocycles. The van der Waals surface area contributed by atoms with Gasteiger partial charge in [-0.05, 0) is 223 Å². The first kappa shape index (κ1) is 49.8. The highest BCUT2D eigenvalue weighted by molar-refractivity contribution is 5.92. The van der Waals surface area contributed by atoms with Gasteiger partial charge in [-0.3, -0.25) is 0 Å². The van der Waals surface area contributed by atoms with Gasteiger partial charge in [0, 0.05) is 55.8 Å².